The van der Waals surface area contributed by atoms with Crippen molar-refractivity contribution in [2.24, 2.45) is 0 Å². The van der Waals surface area contributed by atoms with Crippen LogP contribution in [0.2, 0.25) is 0 Å². The highest BCUT2D eigenvalue weighted by Gasteiger charge is 2.25. The predicted octanol–water partition coefficient (Wildman–Crippen LogP) is 1.41. The average molecular weight is 314 g/mol. The summed E-state index contributed by atoms with van der Waals surface area (Å²) in [5, 5.41) is 3.85. The van der Waals surface area contributed by atoms with Crippen molar-refractivity contribution in [2.45, 2.75) is 38.8 Å². The molecule has 2 N–H and O–H groups in total. The number of benzene rings is 1. The second kappa shape index (κ2) is 6.91. The summed E-state index contributed by atoms with van der Waals surface area (Å²) < 4.78 is 0. The maximum atomic E-state index is 12.6. The maximum absolute atomic E-state index is 12.6. The van der Waals surface area contributed by atoms with E-state index in [0.29, 0.717) is 29.8 Å². The number of aromatic amines is 1. The molecule has 0 spiro atoms. The zero-order chi connectivity index (χ0) is 16.2. The van der Waals surface area contributed by atoms with Crippen molar-refractivity contribution in [3.05, 3.63) is 40.4 Å². The van der Waals surface area contributed by atoms with Crippen LogP contribution in [-0.4, -0.2) is 39.9 Å². The molecule has 122 valence electrons. The highest BCUT2D eigenvalue weighted by atomic mass is 16.2. The van der Waals surface area contributed by atoms with Gasteiger partial charge in [-0.25, -0.2) is 4.98 Å². The monoisotopic (exact) mass is 314 g/mol. The number of amides is 1. The molecule has 1 amide bonds. The molecule has 1 saturated heterocycles. The van der Waals surface area contributed by atoms with Gasteiger partial charge in [0.1, 0.15) is 5.82 Å². The Morgan fingerprint density at radius 1 is 1.35 bits per heavy atom. The Hall–Kier alpha value is -2.21. The zero-order valence-corrected chi connectivity index (χ0v) is 13.3. The second-order valence-corrected chi connectivity index (χ2v) is 5.88. The SMILES string of the molecule is CCN(Cc1nc2ccccc2c(=O)[nH]1)C(=O)C1CCCCN1. The van der Waals surface area contributed by atoms with Gasteiger partial charge in [0.05, 0.1) is 23.5 Å². The Labute approximate surface area is 134 Å². The molecule has 6 heteroatoms. The van der Waals surface area contributed by atoms with E-state index in [1.165, 1.54) is 0 Å². The topological polar surface area (TPSA) is 78.1 Å². The van der Waals surface area contributed by atoms with Crippen LogP contribution in [0.25, 0.3) is 10.9 Å². The molecule has 0 saturated carbocycles. The minimum atomic E-state index is -0.162. The Balaban J connectivity index is 1.81. The summed E-state index contributed by atoms with van der Waals surface area (Å²) in [7, 11) is 0. The standard InChI is InChI=1S/C17H22N4O2/c1-2-21(17(23)14-9-5-6-10-18-14)11-15-19-13-8-4-3-7-12(13)16(22)20-15/h3-4,7-8,14,18H,2,5-6,9-11H2,1H3,(H,19,20,22). The van der Waals surface area contributed by atoms with Crippen molar-refractivity contribution in [3.63, 3.8) is 0 Å². The Morgan fingerprint density at radius 3 is 2.91 bits per heavy atom. The molecule has 2 heterocycles. The van der Waals surface area contributed by atoms with Gasteiger partial charge in [-0.05, 0) is 38.4 Å². The van der Waals surface area contributed by atoms with Gasteiger partial charge >= 0.3 is 0 Å². The Kier molecular flexibility index (Phi) is 4.71. The molecular weight excluding hydrogens is 292 g/mol. The molecule has 1 atom stereocenters. The molecule has 0 radical (unpaired) electrons. The van der Waals surface area contributed by atoms with Gasteiger partial charge in [-0.3, -0.25) is 9.59 Å². The van der Waals surface area contributed by atoms with Crippen LogP contribution in [0.15, 0.2) is 29.1 Å². The lowest BCUT2D eigenvalue weighted by molar-refractivity contribution is -0.134. The first-order valence-electron chi connectivity index (χ1n) is 8.19. The van der Waals surface area contributed by atoms with Crippen LogP contribution in [0, 0.1) is 0 Å². The number of H-pyrrole nitrogens is 1. The minimum absolute atomic E-state index is 0.0861. The largest absolute Gasteiger partial charge is 0.334 e. The third-order valence-electron chi connectivity index (χ3n) is 4.30. The van der Waals surface area contributed by atoms with E-state index >= 15 is 0 Å². The summed E-state index contributed by atoms with van der Waals surface area (Å²) in [6.07, 6.45) is 3.07. The van der Waals surface area contributed by atoms with E-state index < -0.39 is 0 Å². The van der Waals surface area contributed by atoms with Crippen molar-refractivity contribution < 1.29 is 4.79 Å². The Bertz CT molecular complexity index is 750. The summed E-state index contributed by atoms with van der Waals surface area (Å²) >= 11 is 0. The molecule has 2 aromatic rings. The van der Waals surface area contributed by atoms with Gasteiger partial charge in [0.15, 0.2) is 0 Å². The van der Waals surface area contributed by atoms with Gasteiger partial charge < -0.3 is 15.2 Å². The third kappa shape index (κ3) is 3.42. The van der Waals surface area contributed by atoms with Crippen LogP contribution < -0.4 is 10.9 Å². The fraction of sp³-hybridized carbons (Fsp3) is 0.471. The quantitative estimate of drug-likeness (QED) is 0.894. The predicted molar refractivity (Wildman–Crippen MR) is 89.1 cm³/mol. The third-order valence-corrected chi connectivity index (χ3v) is 4.30. The Morgan fingerprint density at radius 2 is 2.17 bits per heavy atom. The molecule has 1 aliphatic rings. The lowest BCUT2D eigenvalue weighted by Gasteiger charge is -2.29. The normalized spacial score (nSPS) is 18.0. The summed E-state index contributed by atoms with van der Waals surface area (Å²) in [5.41, 5.74) is 0.496. The van der Waals surface area contributed by atoms with Crippen LogP contribution >= 0.6 is 0 Å². The first-order valence-corrected chi connectivity index (χ1v) is 8.19. The van der Waals surface area contributed by atoms with Crippen molar-refractivity contribution in [3.8, 4) is 0 Å². The average Bonchev–Trinajstić information content (AvgIpc) is 2.60. The highest BCUT2D eigenvalue weighted by molar-refractivity contribution is 5.82. The smallest absolute Gasteiger partial charge is 0.258 e. The van der Waals surface area contributed by atoms with Crippen molar-refractivity contribution in [2.75, 3.05) is 13.1 Å². The molecule has 3 rings (SSSR count). The van der Waals surface area contributed by atoms with Crippen LogP contribution in [0.4, 0.5) is 0 Å². The molecule has 1 aromatic heterocycles. The number of piperidine rings is 1. The van der Waals surface area contributed by atoms with E-state index in [1.54, 1.807) is 11.0 Å². The van der Waals surface area contributed by atoms with E-state index in [-0.39, 0.29) is 17.5 Å². The number of aromatic nitrogens is 2. The van der Waals surface area contributed by atoms with E-state index in [0.717, 1.165) is 25.8 Å². The van der Waals surface area contributed by atoms with E-state index in [4.69, 9.17) is 0 Å². The lowest BCUT2D eigenvalue weighted by Crippen LogP contribution is -2.48. The van der Waals surface area contributed by atoms with Gasteiger partial charge in [-0.1, -0.05) is 18.6 Å². The number of rotatable bonds is 4. The zero-order valence-electron chi connectivity index (χ0n) is 13.3. The molecule has 23 heavy (non-hydrogen) atoms. The first kappa shape index (κ1) is 15.7. The van der Waals surface area contributed by atoms with Crippen LogP contribution in [-0.2, 0) is 11.3 Å². The number of nitrogens with one attached hydrogen (secondary N) is 2. The number of nitrogens with zero attached hydrogens (tertiary/aromatic N) is 2. The fourth-order valence-electron chi connectivity index (χ4n) is 3.02. The molecule has 0 bridgehead atoms. The molecule has 1 aliphatic heterocycles. The summed E-state index contributed by atoms with van der Waals surface area (Å²) in [4.78, 5) is 33.8. The highest BCUT2D eigenvalue weighted by Crippen LogP contribution is 2.12. The fourth-order valence-corrected chi connectivity index (χ4v) is 3.02. The second-order valence-electron chi connectivity index (χ2n) is 5.88. The van der Waals surface area contributed by atoms with Crippen LogP contribution in [0.5, 0.6) is 0 Å². The van der Waals surface area contributed by atoms with Gasteiger partial charge in [0.2, 0.25) is 5.91 Å². The van der Waals surface area contributed by atoms with E-state index in [2.05, 4.69) is 15.3 Å². The minimum Gasteiger partial charge on any atom is -0.334 e. The van der Waals surface area contributed by atoms with Crippen molar-refractivity contribution in [1.82, 2.24) is 20.2 Å². The number of hydrogen-bond acceptors (Lipinski definition) is 4. The number of hydrogen-bond donors (Lipinski definition) is 2. The summed E-state index contributed by atoms with van der Waals surface area (Å²) in [6.45, 7) is 3.75. The first-order chi connectivity index (χ1) is 11.2. The van der Waals surface area contributed by atoms with Gasteiger partial charge in [0.25, 0.3) is 5.56 Å². The van der Waals surface area contributed by atoms with Gasteiger partial charge in [0, 0.05) is 6.54 Å². The van der Waals surface area contributed by atoms with Crippen molar-refractivity contribution in [1.29, 1.82) is 0 Å². The molecule has 1 fully saturated rings. The molecule has 0 aliphatic carbocycles. The van der Waals surface area contributed by atoms with E-state index in [1.807, 2.05) is 25.1 Å². The van der Waals surface area contributed by atoms with Crippen molar-refractivity contribution >= 4 is 16.8 Å². The molecule has 1 aromatic carbocycles. The van der Waals surface area contributed by atoms with Gasteiger partial charge in [-0.15, -0.1) is 0 Å². The molecule has 1 unspecified atom stereocenters. The lowest BCUT2D eigenvalue weighted by atomic mass is 10.0. The number of para-hydroxylation sites is 1. The summed E-state index contributed by atoms with van der Waals surface area (Å²) in [5.74, 6) is 0.614. The number of fused-ring (bicyclic) bond motifs is 1. The molecule has 6 nitrogen and oxygen atoms in total. The summed E-state index contributed by atoms with van der Waals surface area (Å²) in [6, 6.07) is 7.12. The van der Waals surface area contributed by atoms with Crippen LogP contribution in [0.3, 0.4) is 0 Å². The van der Waals surface area contributed by atoms with Gasteiger partial charge in [-0.2, -0.15) is 0 Å². The van der Waals surface area contributed by atoms with E-state index in [9.17, 15) is 9.59 Å². The number of likely N-dealkylation sites (N-methyl/N-ethyl adjacent to an activating group) is 1. The molecular formula is C17H22N4O2. The number of carbonyl (C=O) groups is 1. The maximum Gasteiger partial charge on any atom is 0.258 e. The van der Waals surface area contributed by atoms with Crippen LogP contribution in [0.1, 0.15) is 32.0 Å². The number of carbonyl (C=O) groups excluding carboxylic acids is 1.